The quantitative estimate of drug-likeness (QED) is 0.170. The lowest BCUT2D eigenvalue weighted by atomic mass is 9.85. The highest BCUT2D eigenvalue weighted by atomic mass is 15.3. The van der Waals surface area contributed by atoms with Gasteiger partial charge in [0.15, 0.2) is 0 Å². The molecule has 0 unspecified atom stereocenters. The summed E-state index contributed by atoms with van der Waals surface area (Å²) >= 11 is 0. The van der Waals surface area contributed by atoms with E-state index in [4.69, 9.17) is 5.10 Å². The van der Waals surface area contributed by atoms with Crippen LogP contribution in [0.25, 0.3) is 93.5 Å². The third kappa shape index (κ3) is 4.76. The second-order valence-corrected chi connectivity index (χ2v) is 13.1. The molecular weight excluding hydrogens is 617 g/mol. The maximum absolute atomic E-state index is 5.35. The van der Waals surface area contributed by atoms with E-state index in [1.807, 2.05) is 0 Å². The van der Waals surface area contributed by atoms with Crippen LogP contribution in [-0.4, -0.2) is 9.78 Å². The van der Waals surface area contributed by atoms with Crippen molar-refractivity contribution in [2.75, 3.05) is 0 Å². The van der Waals surface area contributed by atoms with Crippen molar-refractivity contribution < 1.29 is 0 Å². The zero-order chi connectivity index (χ0) is 33.7. The Hall–Kier alpha value is -6.77. The Bertz CT molecular complexity index is 2810. The maximum atomic E-state index is 5.35. The lowest BCUT2D eigenvalue weighted by molar-refractivity contribution is 0.918. The van der Waals surface area contributed by atoms with Crippen LogP contribution in [0.4, 0.5) is 0 Å². The van der Waals surface area contributed by atoms with Gasteiger partial charge in [-0.15, -0.1) is 0 Å². The van der Waals surface area contributed by atoms with Crippen LogP contribution in [0.3, 0.4) is 0 Å². The molecule has 0 amide bonds. The Morgan fingerprint density at radius 3 is 1.35 bits per heavy atom. The number of nitrogens with zero attached hydrogens (tertiary/aromatic N) is 2. The third-order valence-corrected chi connectivity index (χ3v) is 10.2. The molecule has 238 valence electrons. The molecule has 1 aromatic heterocycles. The predicted molar refractivity (Wildman–Crippen MR) is 215 cm³/mol. The Morgan fingerprint density at radius 2 is 0.784 bits per heavy atom. The summed E-state index contributed by atoms with van der Waals surface area (Å²) in [4.78, 5) is 0. The van der Waals surface area contributed by atoms with Gasteiger partial charge >= 0.3 is 0 Å². The van der Waals surface area contributed by atoms with Crippen LogP contribution >= 0.6 is 0 Å². The van der Waals surface area contributed by atoms with Crippen LogP contribution in [0.15, 0.2) is 194 Å². The number of benzene rings is 9. The maximum Gasteiger partial charge on any atom is 0.101 e. The van der Waals surface area contributed by atoms with Crippen molar-refractivity contribution in [3.8, 4) is 50.3 Å². The molecule has 0 N–H and O–H groups in total. The molecule has 51 heavy (non-hydrogen) atoms. The van der Waals surface area contributed by atoms with Gasteiger partial charge in [0.05, 0.1) is 11.2 Å². The molecule has 9 aromatic carbocycles. The van der Waals surface area contributed by atoms with E-state index in [-0.39, 0.29) is 0 Å². The van der Waals surface area contributed by atoms with Crippen LogP contribution in [0.5, 0.6) is 0 Å². The molecule has 10 aromatic rings. The van der Waals surface area contributed by atoms with Gasteiger partial charge in [-0.1, -0.05) is 176 Å². The van der Waals surface area contributed by atoms with Crippen LogP contribution in [-0.2, 0) is 0 Å². The smallest absolute Gasteiger partial charge is 0.101 e. The molecule has 0 radical (unpaired) electrons. The van der Waals surface area contributed by atoms with E-state index in [1.165, 1.54) is 60.1 Å². The molecule has 10 rings (SSSR count). The number of fused-ring (bicyclic) bond motifs is 5. The Kier molecular flexibility index (Phi) is 6.85. The zero-order valence-corrected chi connectivity index (χ0v) is 27.9. The van der Waals surface area contributed by atoms with Gasteiger partial charge in [-0.05, 0) is 78.5 Å². The Morgan fingerprint density at radius 1 is 0.353 bits per heavy atom. The number of para-hydroxylation sites is 1. The van der Waals surface area contributed by atoms with Gasteiger partial charge in [-0.3, -0.25) is 0 Å². The first-order chi connectivity index (χ1) is 25.3. The summed E-state index contributed by atoms with van der Waals surface area (Å²) in [7, 11) is 0. The molecular formula is C49H32N2. The van der Waals surface area contributed by atoms with Gasteiger partial charge in [0.1, 0.15) is 5.69 Å². The van der Waals surface area contributed by atoms with E-state index in [2.05, 4.69) is 199 Å². The topological polar surface area (TPSA) is 17.8 Å². The zero-order valence-electron chi connectivity index (χ0n) is 27.9. The third-order valence-electron chi connectivity index (χ3n) is 10.2. The summed E-state index contributed by atoms with van der Waals surface area (Å²) in [6.45, 7) is 0. The van der Waals surface area contributed by atoms with Gasteiger partial charge in [0.25, 0.3) is 0 Å². The highest BCUT2D eigenvalue weighted by Crippen LogP contribution is 2.45. The highest BCUT2D eigenvalue weighted by molar-refractivity contribution is 6.22. The second kappa shape index (κ2) is 12.0. The number of hydrogen-bond acceptors (Lipinski definition) is 1. The molecule has 0 fully saturated rings. The highest BCUT2D eigenvalue weighted by Gasteiger charge is 2.22. The van der Waals surface area contributed by atoms with Gasteiger partial charge in [-0.25, -0.2) is 4.68 Å². The lowest BCUT2D eigenvalue weighted by Crippen LogP contribution is -1.96. The van der Waals surface area contributed by atoms with Crippen molar-refractivity contribution in [3.63, 3.8) is 0 Å². The molecule has 0 aliphatic heterocycles. The molecule has 0 bridgehead atoms. The summed E-state index contributed by atoms with van der Waals surface area (Å²) in [5, 5.41) is 13.9. The van der Waals surface area contributed by atoms with Gasteiger partial charge in [0, 0.05) is 16.3 Å². The standard InChI is InChI=1S/C49H32N2/c1-4-16-34(17-5-1)45-40-24-12-14-26-42(40)46(43-27-15-13-25-41(43)45)35-30-28-33(29-31-35)44-32-37-20-10-11-23-39(37)49-47(44)48(36-18-6-2-7-19-36)50-51(49)38-21-8-3-9-22-38/h1-32H. The first-order valence-electron chi connectivity index (χ1n) is 17.5. The van der Waals surface area contributed by atoms with Crippen LogP contribution in [0.2, 0.25) is 0 Å². The van der Waals surface area contributed by atoms with Crippen molar-refractivity contribution >= 4 is 43.2 Å². The molecule has 0 saturated carbocycles. The Labute approximate surface area is 296 Å². The number of aromatic nitrogens is 2. The molecule has 2 heteroatoms. The van der Waals surface area contributed by atoms with Gasteiger partial charge in [0.2, 0.25) is 0 Å². The largest absolute Gasteiger partial charge is 0.232 e. The van der Waals surface area contributed by atoms with Crippen molar-refractivity contribution in [3.05, 3.63) is 194 Å². The van der Waals surface area contributed by atoms with E-state index >= 15 is 0 Å². The minimum absolute atomic E-state index is 0.979. The van der Waals surface area contributed by atoms with Crippen LogP contribution in [0.1, 0.15) is 0 Å². The number of hydrogen-bond donors (Lipinski definition) is 0. The monoisotopic (exact) mass is 648 g/mol. The van der Waals surface area contributed by atoms with Crippen molar-refractivity contribution in [2.45, 2.75) is 0 Å². The van der Waals surface area contributed by atoms with Crippen molar-refractivity contribution in [1.82, 2.24) is 9.78 Å². The SMILES string of the molecule is c1ccc(-c2c3ccccc3c(-c3ccc(-c4cc5ccccc5c5c4c(-c4ccccc4)nn5-c4ccccc4)cc3)c3ccccc23)cc1. The average molecular weight is 649 g/mol. The van der Waals surface area contributed by atoms with Gasteiger partial charge in [-0.2, -0.15) is 5.10 Å². The van der Waals surface area contributed by atoms with Gasteiger partial charge < -0.3 is 0 Å². The molecule has 0 spiro atoms. The Balaban J connectivity index is 1.23. The first-order valence-corrected chi connectivity index (χ1v) is 17.5. The summed E-state index contributed by atoms with van der Waals surface area (Å²) in [5.41, 5.74) is 11.5. The second-order valence-electron chi connectivity index (χ2n) is 13.1. The summed E-state index contributed by atoms with van der Waals surface area (Å²) in [5.74, 6) is 0. The minimum atomic E-state index is 0.979. The summed E-state index contributed by atoms with van der Waals surface area (Å²) in [6.07, 6.45) is 0. The average Bonchev–Trinajstić information content (AvgIpc) is 3.62. The summed E-state index contributed by atoms with van der Waals surface area (Å²) < 4.78 is 2.13. The molecule has 0 atom stereocenters. The fourth-order valence-corrected chi connectivity index (χ4v) is 7.94. The molecule has 0 aliphatic rings. The van der Waals surface area contributed by atoms with Crippen molar-refractivity contribution in [1.29, 1.82) is 0 Å². The molecule has 2 nitrogen and oxygen atoms in total. The van der Waals surface area contributed by atoms with E-state index in [0.717, 1.165) is 33.4 Å². The van der Waals surface area contributed by atoms with E-state index < -0.39 is 0 Å². The van der Waals surface area contributed by atoms with E-state index in [0.29, 0.717) is 0 Å². The molecule has 1 heterocycles. The van der Waals surface area contributed by atoms with Crippen LogP contribution < -0.4 is 0 Å². The van der Waals surface area contributed by atoms with Crippen LogP contribution in [0, 0.1) is 0 Å². The molecule has 0 aliphatic carbocycles. The summed E-state index contributed by atoms with van der Waals surface area (Å²) in [6, 6.07) is 69.7. The lowest BCUT2D eigenvalue weighted by Gasteiger charge is -2.18. The minimum Gasteiger partial charge on any atom is -0.232 e. The number of rotatable bonds is 5. The fraction of sp³-hybridized carbons (Fsp3) is 0. The normalized spacial score (nSPS) is 11.5. The van der Waals surface area contributed by atoms with Crippen molar-refractivity contribution in [2.24, 2.45) is 0 Å². The van der Waals surface area contributed by atoms with E-state index in [1.54, 1.807) is 0 Å². The van der Waals surface area contributed by atoms with E-state index in [9.17, 15) is 0 Å². The fourth-order valence-electron chi connectivity index (χ4n) is 7.94. The first kappa shape index (κ1) is 29.2. The predicted octanol–water partition coefficient (Wildman–Crippen LogP) is 13.2. The molecule has 0 saturated heterocycles.